The molecule has 27 heavy (non-hydrogen) atoms. The van der Waals surface area contributed by atoms with Gasteiger partial charge in [-0.3, -0.25) is 0 Å². The van der Waals surface area contributed by atoms with E-state index in [0.29, 0.717) is 23.5 Å². The molecule has 0 aliphatic rings. The smallest absolute Gasteiger partial charge is 0.494 e. The summed E-state index contributed by atoms with van der Waals surface area (Å²) in [7, 11) is 0. The van der Waals surface area contributed by atoms with Crippen LogP contribution in [-0.4, -0.2) is 24.0 Å². The molecule has 7 heteroatoms. The minimum atomic E-state index is -4.76. The van der Waals surface area contributed by atoms with E-state index in [1.54, 1.807) is 30.3 Å². The van der Waals surface area contributed by atoms with Crippen LogP contribution in [0.15, 0.2) is 66.8 Å². The van der Waals surface area contributed by atoms with Crippen molar-refractivity contribution in [2.45, 2.75) is 13.3 Å². The first kappa shape index (κ1) is 20.1. The third-order valence-electron chi connectivity index (χ3n) is 3.38. The van der Waals surface area contributed by atoms with Crippen molar-refractivity contribution in [1.82, 2.24) is 0 Å². The predicted molar refractivity (Wildman–Crippen MR) is 94.6 cm³/mol. The minimum absolute atomic E-state index is 0.335. The highest BCUT2D eigenvalue weighted by atomic mass is 19.4. The average molecular weight is 378 g/mol. The summed E-state index contributed by atoms with van der Waals surface area (Å²) in [6.45, 7) is 2.38. The first-order valence-corrected chi connectivity index (χ1v) is 7.99. The lowest BCUT2D eigenvalue weighted by Crippen LogP contribution is -2.17. The standard InChI is InChI=1S/C20H17F3O4/c1-2-26-16-10-6-14(7-11-16)18(4-3-5-19(24)25)15-8-12-17(13-9-15)27-20(21,22)23/h3-13H,2H2,1H3,(H,24,25)/b5-3+,18-4+. The minimum Gasteiger partial charge on any atom is -0.494 e. The monoisotopic (exact) mass is 378 g/mol. The molecule has 0 aliphatic heterocycles. The van der Waals surface area contributed by atoms with Crippen LogP contribution >= 0.6 is 0 Å². The van der Waals surface area contributed by atoms with Crippen LogP contribution < -0.4 is 9.47 Å². The van der Waals surface area contributed by atoms with Gasteiger partial charge in [-0.05, 0) is 47.9 Å². The molecule has 0 bridgehead atoms. The molecule has 0 aliphatic carbocycles. The molecule has 0 amide bonds. The van der Waals surface area contributed by atoms with E-state index in [-0.39, 0.29) is 5.75 Å². The van der Waals surface area contributed by atoms with Crippen LogP contribution in [-0.2, 0) is 4.79 Å². The predicted octanol–water partition coefficient (Wildman–Crippen LogP) is 5.06. The van der Waals surface area contributed by atoms with E-state index in [2.05, 4.69) is 4.74 Å². The topological polar surface area (TPSA) is 55.8 Å². The Morgan fingerprint density at radius 2 is 1.52 bits per heavy atom. The molecular formula is C20H17F3O4. The summed E-state index contributed by atoms with van der Waals surface area (Å²) in [5, 5.41) is 8.75. The maximum Gasteiger partial charge on any atom is 0.573 e. The molecule has 0 saturated heterocycles. The second kappa shape index (κ2) is 8.93. The Morgan fingerprint density at radius 3 is 1.96 bits per heavy atom. The third kappa shape index (κ3) is 6.54. The number of hydrogen-bond acceptors (Lipinski definition) is 3. The van der Waals surface area contributed by atoms with Crippen LogP contribution in [0.1, 0.15) is 18.1 Å². The van der Waals surface area contributed by atoms with Crippen LogP contribution in [0, 0.1) is 0 Å². The Bertz CT molecular complexity index is 820. The van der Waals surface area contributed by atoms with Gasteiger partial charge < -0.3 is 14.6 Å². The van der Waals surface area contributed by atoms with Crippen LogP contribution in [0.2, 0.25) is 0 Å². The summed E-state index contributed by atoms with van der Waals surface area (Å²) in [6.07, 6.45) is -0.868. The number of halogens is 3. The van der Waals surface area contributed by atoms with Crippen molar-refractivity contribution in [1.29, 1.82) is 0 Å². The molecule has 2 aromatic carbocycles. The second-order valence-electron chi connectivity index (χ2n) is 5.31. The normalized spacial score (nSPS) is 12.2. The number of allylic oxidation sites excluding steroid dienone is 2. The zero-order valence-electron chi connectivity index (χ0n) is 14.4. The Labute approximate surface area is 154 Å². The van der Waals surface area contributed by atoms with Crippen molar-refractivity contribution in [2.75, 3.05) is 6.61 Å². The van der Waals surface area contributed by atoms with Gasteiger partial charge >= 0.3 is 12.3 Å². The number of ether oxygens (including phenoxy) is 2. The summed E-state index contributed by atoms with van der Waals surface area (Å²) >= 11 is 0. The van der Waals surface area contributed by atoms with Gasteiger partial charge in [-0.15, -0.1) is 13.2 Å². The summed E-state index contributed by atoms with van der Waals surface area (Å²) in [5.74, 6) is -0.764. The van der Waals surface area contributed by atoms with Crippen molar-refractivity contribution in [3.8, 4) is 11.5 Å². The quantitative estimate of drug-likeness (QED) is 0.541. The molecule has 2 aromatic rings. The number of alkyl halides is 3. The molecule has 0 fully saturated rings. The Balaban J connectivity index is 2.36. The second-order valence-corrected chi connectivity index (χ2v) is 5.31. The lowest BCUT2D eigenvalue weighted by atomic mass is 9.97. The van der Waals surface area contributed by atoms with Gasteiger partial charge in [-0.25, -0.2) is 4.79 Å². The lowest BCUT2D eigenvalue weighted by Gasteiger charge is -2.12. The summed E-state index contributed by atoms with van der Waals surface area (Å²) in [4.78, 5) is 10.7. The fraction of sp³-hybridized carbons (Fsp3) is 0.150. The Morgan fingerprint density at radius 1 is 1.00 bits per heavy atom. The number of benzene rings is 2. The van der Waals surface area contributed by atoms with Gasteiger partial charge in [-0.2, -0.15) is 0 Å². The molecule has 0 saturated carbocycles. The van der Waals surface area contributed by atoms with Crippen LogP contribution in [0.25, 0.3) is 5.57 Å². The highest BCUT2D eigenvalue weighted by Crippen LogP contribution is 2.29. The zero-order chi connectivity index (χ0) is 19.9. The molecule has 0 unspecified atom stereocenters. The van der Waals surface area contributed by atoms with Gasteiger partial charge in [-0.1, -0.05) is 36.4 Å². The largest absolute Gasteiger partial charge is 0.573 e. The van der Waals surface area contributed by atoms with E-state index < -0.39 is 12.3 Å². The number of carbonyl (C=O) groups is 1. The number of carboxylic acid groups (broad SMARTS) is 1. The van der Waals surface area contributed by atoms with Crippen molar-refractivity contribution in [2.24, 2.45) is 0 Å². The maximum atomic E-state index is 12.3. The van der Waals surface area contributed by atoms with Gasteiger partial charge in [0.2, 0.25) is 0 Å². The molecule has 142 valence electrons. The molecular weight excluding hydrogens is 361 g/mol. The molecule has 4 nitrogen and oxygen atoms in total. The van der Waals surface area contributed by atoms with Crippen LogP contribution in [0.5, 0.6) is 11.5 Å². The SMILES string of the molecule is CCOc1ccc(/C(=C\C=C\C(=O)O)c2ccc(OC(F)(F)F)cc2)cc1. The van der Waals surface area contributed by atoms with Gasteiger partial charge in [0.15, 0.2) is 0 Å². The fourth-order valence-electron chi connectivity index (χ4n) is 2.32. The molecule has 2 rings (SSSR count). The summed E-state index contributed by atoms with van der Waals surface area (Å²) in [6, 6.07) is 12.4. The Kier molecular flexibility index (Phi) is 6.65. The van der Waals surface area contributed by atoms with Gasteiger partial charge in [0, 0.05) is 6.08 Å². The molecule has 0 heterocycles. The van der Waals surface area contributed by atoms with E-state index in [1.807, 2.05) is 6.92 Å². The van der Waals surface area contributed by atoms with Crippen molar-refractivity contribution >= 4 is 11.5 Å². The van der Waals surface area contributed by atoms with Crippen molar-refractivity contribution in [3.05, 3.63) is 77.9 Å². The Hall–Kier alpha value is -3.22. The van der Waals surface area contributed by atoms with Gasteiger partial charge in [0.05, 0.1) is 6.61 Å². The third-order valence-corrected chi connectivity index (χ3v) is 3.38. The number of hydrogen-bond donors (Lipinski definition) is 1. The summed E-state index contributed by atoms with van der Waals surface area (Å²) in [5.41, 5.74) is 1.98. The maximum absolute atomic E-state index is 12.3. The lowest BCUT2D eigenvalue weighted by molar-refractivity contribution is -0.274. The zero-order valence-corrected chi connectivity index (χ0v) is 14.4. The molecule has 1 N–H and O–H groups in total. The number of carboxylic acids is 1. The van der Waals surface area contributed by atoms with Gasteiger partial charge in [0.25, 0.3) is 0 Å². The van der Waals surface area contributed by atoms with Crippen LogP contribution in [0.3, 0.4) is 0 Å². The van der Waals surface area contributed by atoms with E-state index in [1.165, 1.54) is 30.3 Å². The molecule has 0 aromatic heterocycles. The highest BCUT2D eigenvalue weighted by molar-refractivity contribution is 5.84. The molecule has 0 radical (unpaired) electrons. The van der Waals surface area contributed by atoms with Gasteiger partial charge in [0.1, 0.15) is 11.5 Å². The first-order valence-electron chi connectivity index (χ1n) is 7.99. The van der Waals surface area contributed by atoms with Crippen LogP contribution in [0.4, 0.5) is 13.2 Å². The van der Waals surface area contributed by atoms with E-state index >= 15 is 0 Å². The molecule has 0 atom stereocenters. The van der Waals surface area contributed by atoms with E-state index in [4.69, 9.17) is 9.84 Å². The average Bonchev–Trinajstić information content (AvgIpc) is 2.59. The fourth-order valence-corrected chi connectivity index (χ4v) is 2.32. The molecule has 0 spiro atoms. The highest BCUT2D eigenvalue weighted by Gasteiger charge is 2.30. The number of rotatable bonds is 7. The first-order chi connectivity index (χ1) is 12.8. The van der Waals surface area contributed by atoms with Crippen molar-refractivity contribution in [3.63, 3.8) is 0 Å². The van der Waals surface area contributed by atoms with E-state index in [9.17, 15) is 18.0 Å². The number of aliphatic carboxylic acids is 1. The van der Waals surface area contributed by atoms with Crippen molar-refractivity contribution < 1.29 is 32.5 Å². The summed E-state index contributed by atoms with van der Waals surface area (Å²) < 4.78 is 46.2. The van der Waals surface area contributed by atoms with E-state index in [0.717, 1.165) is 11.6 Å².